The van der Waals surface area contributed by atoms with E-state index in [1.807, 2.05) is 0 Å². The number of nitrogens with zero attached hydrogens (tertiary/aromatic N) is 1. The zero-order valence-electron chi connectivity index (χ0n) is 14.5. The number of hydrogen-bond acceptors (Lipinski definition) is 6. The van der Waals surface area contributed by atoms with Crippen molar-refractivity contribution in [2.75, 3.05) is 21.8 Å². The molecule has 0 spiro atoms. The van der Waals surface area contributed by atoms with Crippen LogP contribution in [0.4, 0.5) is 11.4 Å². The summed E-state index contributed by atoms with van der Waals surface area (Å²) in [7, 11) is -7.03. The molecule has 1 aromatic rings. The van der Waals surface area contributed by atoms with E-state index in [4.69, 9.17) is 0 Å². The number of hydrazine groups is 1. The summed E-state index contributed by atoms with van der Waals surface area (Å²) in [6.45, 7) is 4.02. The zero-order chi connectivity index (χ0) is 18.4. The molecule has 0 radical (unpaired) electrons. The van der Waals surface area contributed by atoms with Crippen LogP contribution < -0.4 is 19.9 Å². The number of fused-ring (bicyclic) bond motifs is 1. The van der Waals surface area contributed by atoms with Gasteiger partial charge in [0.05, 0.1) is 17.6 Å². The number of rotatable bonds is 4. The lowest BCUT2D eigenvalue weighted by Gasteiger charge is -2.30. The van der Waals surface area contributed by atoms with E-state index < -0.39 is 25.3 Å². The van der Waals surface area contributed by atoms with E-state index in [2.05, 4.69) is 15.6 Å². The number of sulfonamides is 2. The van der Waals surface area contributed by atoms with Crippen LogP contribution in [0.5, 0.6) is 0 Å². The molecule has 10 heteroatoms. The van der Waals surface area contributed by atoms with Crippen LogP contribution in [0, 0.1) is 0 Å². The van der Waals surface area contributed by atoms with Gasteiger partial charge in [-0.3, -0.25) is 19.9 Å². The summed E-state index contributed by atoms with van der Waals surface area (Å²) in [4.78, 5) is 0. The first-order valence-corrected chi connectivity index (χ1v) is 11.6. The maximum atomic E-state index is 12.7. The Balaban J connectivity index is 1.92. The Kier molecular flexibility index (Phi) is 4.73. The summed E-state index contributed by atoms with van der Waals surface area (Å²) in [6, 6.07) is 4.61. The van der Waals surface area contributed by atoms with Crippen molar-refractivity contribution in [3.05, 3.63) is 23.8 Å². The fraction of sp³-hybridized carbons (Fsp3) is 0.600. The van der Waals surface area contributed by atoms with Crippen molar-refractivity contribution in [3.8, 4) is 0 Å². The normalized spacial score (nSPS) is 27.2. The molecular weight excluding hydrogens is 364 g/mol. The molecule has 3 rings (SSSR count). The highest BCUT2D eigenvalue weighted by Crippen LogP contribution is 2.32. The van der Waals surface area contributed by atoms with Gasteiger partial charge in [0, 0.05) is 18.6 Å². The molecule has 0 saturated carbocycles. The molecule has 0 bridgehead atoms. The van der Waals surface area contributed by atoms with Crippen LogP contribution in [-0.2, 0) is 26.5 Å². The number of anilines is 2. The quantitative estimate of drug-likeness (QED) is 0.689. The average molecular weight is 389 g/mol. The van der Waals surface area contributed by atoms with Gasteiger partial charge in [-0.2, -0.15) is 0 Å². The topological polar surface area (TPSA) is 108 Å². The van der Waals surface area contributed by atoms with E-state index >= 15 is 0 Å². The smallest absolute Gasteiger partial charge is 0.238 e. The highest BCUT2D eigenvalue weighted by molar-refractivity contribution is 7.93. The first-order valence-electron chi connectivity index (χ1n) is 8.23. The molecule has 2 aliphatic rings. The summed E-state index contributed by atoms with van der Waals surface area (Å²) in [5.74, 6) is 0. The van der Waals surface area contributed by atoms with Gasteiger partial charge in [-0.05, 0) is 44.4 Å². The van der Waals surface area contributed by atoms with Gasteiger partial charge in [-0.1, -0.05) is 6.07 Å². The molecule has 0 aliphatic carbocycles. The minimum atomic E-state index is -3.63. The molecule has 3 N–H and O–H groups in total. The monoisotopic (exact) mass is 388 g/mol. The lowest BCUT2D eigenvalue weighted by Crippen LogP contribution is -2.41. The maximum absolute atomic E-state index is 12.7. The Morgan fingerprint density at radius 2 is 1.76 bits per heavy atom. The van der Waals surface area contributed by atoms with Crippen molar-refractivity contribution in [3.63, 3.8) is 0 Å². The van der Waals surface area contributed by atoms with E-state index in [1.165, 1.54) is 4.31 Å². The average Bonchev–Trinajstić information content (AvgIpc) is 2.85. The number of nitrogens with one attached hydrogen (secondary N) is 3. The molecule has 2 heterocycles. The van der Waals surface area contributed by atoms with E-state index in [0.29, 0.717) is 17.9 Å². The molecule has 2 unspecified atom stereocenters. The molecule has 2 atom stereocenters. The third-order valence-corrected chi connectivity index (χ3v) is 7.94. The number of aryl methyl sites for hydroxylation is 1. The van der Waals surface area contributed by atoms with E-state index in [0.717, 1.165) is 24.7 Å². The predicted molar refractivity (Wildman–Crippen MR) is 98.5 cm³/mol. The highest BCUT2D eigenvalue weighted by Gasteiger charge is 2.40. The molecule has 8 nitrogen and oxygen atoms in total. The van der Waals surface area contributed by atoms with Gasteiger partial charge in [-0.25, -0.2) is 16.8 Å². The van der Waals surface area contributed by atoms with Crippen LogP contribution in [0.1, 0.15) is 25.8 Å². The standard InChI is InChI=1S/C15H24N4O4S2/c1-10-15(11(2)17-16-10)25(22,23)18-13-7-6-12-5-4-8-19(14(12)9-13)24(3,20)21/h6-7,9-11,15-18H,4-5,8H2,1-3H3. The van der Waals surface area contributed by atoms with Gasteiger partial charge in [-0.15, -0.1) is 0 Å². The molecule has 2 aliphatic heterocycles. The zero-order valence-corrected chi connectivity index (χ0v) is 16.1. The fourth-order valence-electron chi connectivity index (χ4n) is 3.58. The minimum absolute atomic E-state index is 0.238. The van der Waals surface area contributed by atoms with Gasteiger partial charge in [0.15, 0.2) is 0 Å². The second-order valence-electron chi connectivity index (χ2n) is 6.76. The molecule has 1 saturated heterocycles. The van der Waals surface area contributed by atoms with Crippen LogP contribution in [-0.4, -0.2) is 47.0 Å². The van der Waals surface area contributed by atoms with E-state index in [9.17, 15) is 16.8 Å². The Bertz CT molecular complexity index is 860. The van der Waals surface area contributed by atoms with Crippen molar-refractivity contribution in [2.45, 2.75) is 44.0 Å². The first-order chi connectivity index (χ1) is 11.6. The van der Waals surface area contributed by atoms with Gasteiger partial charge in [0.2, 0.25) is 20.0 Å². The predicted octanol–water partition coefficient (Wildman–Crippen LogP) is 0.394. The maximum Gasteiger partial charge on any atom is 0.238 e. The van der Waals surface area contributed by atoms with Crippen molar-refractivity contribution < 1.29 is 16.8 Å². The van der Waals surface area contributed by atoms with Gasteiger partial charge < -0.3 is 0 Å². The fourth-order valence-corrected chi connectivity index (χ4v) is 6.37. The van der Waals surface area contributed by atoms with Crippen LogP contribution in [0.2, 0.25) is 0 Å². The largest absolute Gasteiger partial charge is 0.283 e. The lowest BCUT2D eigenvalue weighted by atomic mass is 10.0. The van der Waals surface area contributed by atoms with Crippen LogP contribution >= 0.6 is 0 Å². The molecule has 0 amide bonds. The number of hydrogen-bond donors (Lipinski definition) is 3. The molecular formula is C15H24N4O4S2. The van der Waals surface area contributed by atoms with E-state index in [-0.39, 0.29) is 12.1 Å². The summed E-state index contributed by atoms with van der Waals surface area (Å²) < 4.78 is 53.5. The lowest BCUT2D eigenvalue weighted by molar-refractivity contribution is 0.564. The second kappa shape index (κ2) is 6.42. The molecule has 1 fully saturated rings. The van der Waals surface area contributed by atoms with Crippen molar-refractivity contribution in [1.82, 2.24) is 10.9 Å². The Hall–Kier alpha value is -1.36. The summed E-state index contributed by atoms with van der Waals surface area (Å²) in [6.07, 6.45) is 2.69. The number of benzene rings is 1. The molecule has 140 valence electrons. The van der Waals surface area contributed by atoms with Crippen LogP contribution in [0.3, 0.4) is 0 Å². The summed E-state index contributed by atoms with van der Waals surface area (Å²) in [5, 5.41) is -0.630. The van der Waals surface area contributed by atoms with Gasteiger partial charge in [0.25, 0.3) is 0 Å². The Morgan fingerprint density at radius 3 is 2.36 bits per heavy atom. The molecule has 25 heavy (non-hydrogen) atoms. The SMILES string of the molecule is CC1NNC(C)C1S(=O)(=O)Nc1ccc2c(c1)N(S(C)(=O)=O)CCC2. The molecule has 1 aromatic carbocycles. The Morgan fingerprint density at radius 1 is 1.12 bits per heavy atom. The van der Waals surface area contributed by atoms with E-state index in [1.54, 1.807) is 32.0 Å². The molecule has 0 aromatic heterocycles. The van der Waals surface area contributed by atoms with Crippen molar-refractivity contribution >= 4 is 31.4 Å². The van der Waals surface area contributed by atoms with Crippen LogP contribution in [0.15, 0.2) is 18.2 Å². The summed E-state index contributed by atoms with van der Waals surface area (Å²) in [5.41, 5.74) is 7.70. The van der Waals surface area contributed by atoms with Crippen molar-refractivity contribution in [2.24, 2.45) is 0 Å². The Labute approximate surface area is 149 Å². The second-order valence-corrected chi connectivity index (χ2v) is 10.5. The first kappa shape index (κ1) is 18.4. The third kappa shape index (κ3) is 3.62. The van der Waals surface area contributed by atoms with Crippen molar-refractivity contribution in [1.29, 1.82) is 0 Å². The minimum Gasteiger partial charge on any atom is -0.283 e. The van der Waals surface area contributed by atoms with Crippen LogP contribution in [0.25, 0.3) is 0 Å². The van der Waals surface area contributed by atoms with Gasteiger partial charge in [0.1, 0.15) is 5.25 Å². The third-order valence-electron chi connectivity index (χ3n) is 4.70. The summed E-state index contributed by atoms with van der Waals surface area (Å²) >= 11 is 0. The highest BCUT2D eigenvalue weighted by atomic mass is 32.2. The van der Waals surface area contributed by atoms with Gasteiger partial charge >= 0.3 is 0 Å².